The third-order valence-corrected chi connectivity index (χ3v) is 4.44. The number of aromatic nitrogens is 1. The second kappa shape index (κ2) is 6.12. The van der Waals surface area contributed by atoms with E-state index in [-0.39, 0.29) is 0 Å². The van der Waals surface area contributed by atoms with Crippen LogP contribution in [0.2, 0.25) is 0 Å². The summed E-state index contributed by atoms with van der Waals surface area (Å²) in [4.78, 5) is 8.01. The lowest BCUT2D eigenvalue weighted by Gasteiger charge is -2.34. The molecule has 0 bridgehead atoms. The smallest absolute Gasteiger partial charge is 0.142 e. The lowest BCUT2D eigenvalue weighted by molar-refractivity contribution is 0.311. The van der Waals surface area contributed by atoms with Crippen molar-refractivity contribution >= 4 is 21.6 Å². The van der Waals surface area contributed by atoms with Crippen molar-refractivity contribution in [1.82, 2.24) is 9.88 Å². The van der Waals surface area contributed by atoms with Crippen LogP contribution in [0, 0.1) is 0 Å². The number of nitrogens with one attached hydrogen (secondary N) is 1. The standard InChI is InChI=1S/C16H20BrN3O/c1-19-5-7-20(8-6-19)15-4-3-12(9-16(15)21-2)14-10-13(17)11-18-14/h3-4,9-11,18H,5-8H2,1-2H3. The van der Waals surface area contributed by atoms with E-state index < -0.39 is 0 Å². The van der Waals surface area contributed by atoms with Crippen LogP contribution in [0.15, 0.2) is 34.9 Å². The Morgan fingerprint density at radius 3 is 2.52 bits per heavy atom. The molecule has 2 aromatic rings. The van der Waals surface area contributed by atoms with Gasteiger partial charge in [0.2, 0.25) is 0 Å². The summed E-state index contributed by atoms with van der Waals surface area (Å²) in [6.07, 6.45) is 1.94. The first-order valence-electron chi connectivity index (χ1n) is 7.13. The van der Waals surface area contributed by atoms with E-state index in [2.05, 4.69) is 62.0 Å². The summed E-state index contributed by atoms with van der Waals surface area (Å²) in [5, 5.41) is 0. The number of piperazine rings is 1. The van der Waals surface area contributed by atoms with Crippen molar-refractivity contribution in [3.8, 4) is 17.0 Å². The summed E-state index contributed by atoms with van der Waals surface area (Å²) in [6.45, 7) is 4.27. The van der Waals surface area contributed by atoms with E-state index in [1.54, 1.807) is 7.11 Å². The molecule has 0 amide bonds. The van der Waals surface area contributed by atoms with Crippen molar-refractivity contribution in [2.75, 3.05) is 45.2 Å². The van der Waals surface area contributed by atoms with Crippen LogP contribution in [0.3, 0.4) is 0 Å². The molecule has 0 unspecified atom stereocenters. The average Bonchev–Trinajstić information content (AvgIpc) is 2.94. The van der Waals surface area contributed by atoms with Gasteiger partial charge < -0.3 is 19.5 Å². The molecule has 1 aromatic carbocycles. The second-order valence-electron chi connectivity index (χ2n) is 5.41. The number of likely N-dealkylation sites (N-methyl/N-ethyl adjacent to an activating group) is 1. The minimum Gasteiger partial charge on any atom is -0.495 e. The van der Waals surface area contributed by atoms with E-state index in [9.17, 15) is 0 Å². The SMILES string of the molecule is COc1cc(-c2cc(Br)c[nH]2)ccc1N1CCN(C)CC1. The molecule has 5 heteroatoms. The molecule has 0 aliphatic carbocycles. The van der Waals surface area contributed by atoms with Gasteiger partial charge in [-0.05, 0) is 41.2 Å². The molecule has 0 atom stereocenters. The van der Waals surface area contributed by atoms with Gasteiger partial charge >= 0.3 is 0 Å². The Morgan fingerprint density at radius 1 is 1.14 bits per heavy atom. The van der Waals surface area contributed by atoms with Crippen LogP contribution in [0.5, 0.6) is 5.75 Å². The van der Waals surface area contributed by atoms with E-state index in [1.165, 1.54) is 5.69 Å². The van der Waals surface area contributed by atoms with E-state index in [0.29, 0.717) is 0 Å². The zero-order chi connectivity index (χ0) is 14.8. The Labute approximate surface area is 133 Å². The van der Waals surface area contributed by atoms with E-state index >= 15 is 0 Å². The molecular formula is C16H20BrN3O. The fourth-order valence-electron chi connectivity index (χ4n) is 2.69. The topological polar surface area (TPSA) is 31.5 Å². The van der Waals surface area contributed by atoms with Gasteiger partial charge in [-0.3, -0.25) is 0 Å². The van der Waals surface area contributed by atoms with Crippen molar-refractivity contribution in [2.24, 2.45) is 0 Å². The van der Waals surface area contributed by atoms with Crippen LogP contribution in [0.4, 0.5) is 5.69 Å². The Morgan fingerprint density at radius 2 is 1.90 bits per heavy atom. The van der Waals surface area contributed by atoms with Gasteiger partial charge in [0.25, 0.3) is 0 Å². The number of hydrogen-bond acceptors (Lipinski definition) is 3. The zero-order valence-corrected chi connectivity index (χ0v) is 14.0. The van der Waals surface area contributed by atoms with Crippen molar-refractivity contribution in [3.63, 3.8) is 0 Å². The molecule has 21 heavy (non-hydrogen) atoms. The zero-order valence-electron chi connectivity index (χ0n) is 12.4. The molecule has 3 rings (SSSR count). The monoisotopic (exact) mass is 349 g/mol. The molecule has 112 valence electrons. The van der Waals surface area contributed by atoms with Crippen molar-refractivity contribution in [2.45, 2.75) is 0 Å². The first-order valence-corrected chi connectivity index (χ1v) is 7.92. The molecule has 1 aliphatic heterocycles. The third-order valence-electron chi connectivity index (χ3n) is 3.98. The summed E-state index contributed by atoms with van der Waals surface area (Å²) < 4.78 is 6.67. The molecule has 0 radical (unpaired) electrons. The number of nitrogens with zero attached hydrogens (tertiary/aromatic N) is 2. The number of H-pyrrole nitrogens is 1. The number of benzene rings is 1. The number of ether oxygens (including phenoxy) is 1. The normalized spacial score (nSPS) is 16.2. The number of rotatable bonds is 3. The summed E-state index contributed by atoms with van der Waals surface area (Å²) in [7, 11) is 3.91. The van der Waals surface area contributed by atoms with Crippen LogP contribution in [0.25, 0.3) is 11.3 Å². The van der Waals surface area contributed by atoms with Crippen molar-refractivity contribution in [3.05, 3.63) is 34.9 Å². The molecule has 0 spiro atoms. The molecule has 2 heterocycles. The van der Waals surface area contributed by atoms with Crippen LogP contribution in [-0.2, 0) is 0 Å². The molecular weight excluding hydrogens is 330 g/mol. The van der Waals surface area contributed by atoms with Gasteiger partial charge in [-0.15, -0.1) is 0 Å². The lowest BCUT2D eigenvalue weighted by atomic mass is 10.1. The van der Waals surface area contributed by atoms with Crippen molar-refractivity contribution in [1.29, 1.82) is 0 Å². The summed E-state index contributed by atoms with van der Waals surface area (Å²) >= 11 is 3.47. The van der Waals surface area contributed by atoms with E-state index in [1.807, 2.05) is 6.20 Å². The van der Waals surface area contributed by atoms with E-state index in [0.717, 1.165) is 47.7 Å². The van der Waals surface area contributed by atoms with Crippen LogP contribution in [0.1, 0.15) is 0 Å². The number of halogens is 1. The molecule has 1 aliphatic rings. The highest BCUT2D eigenvalue weighted by Crippen LogP contribution is 2.34. The molecule has 1 N–H and O–H groups in total. The Kier molecular flexibility index (Phi) is 4.22. The maximum Gasteiger partial charge on any atom is 0.142 e. The van der Waals surface area contributed by atoms with E-state index in [4.69, 9.17) is 4.74 Å². The number of aromatic amines is 1. The van der Waals surface area contributed by atoms with Crippen LogP contribution >= 0.6 is 15.9 Å². The first kappa shape index (κ1) is 14.5. The molecule has 1 fully saturated rings. The maximum atomic E-state index is 5.61. The fourth-order valence-corrected chi connectivity index (χ4v) is 3.03. The van der Waals surface area contributed by atoms with Gasteiger partial charge in [-0.2, -0.15) is 0 Å². The summed E-state index contributed by atoms with van der Waals surface area (Å²) in [5.41, 5.74) is 3.40. The van der Waals surface area contributed by atoms with Gasteiger partial charge in [0, 0.05) is 48.1 Å². The quantitative estimate of drug-likeness (QED) is 0.923. The number of hydrogen-bond donors (Lipinski definition) is 1. The number of anilines is 1. The third kappa shape index (κ3) is 3.09. The Hall–Kier alpha value is -1.46. The highest BCUT2D eigenvalue weighted by molar-refractivity contribution is 9.10. The largest absolute Gasteiger partial charge is 0.495 e. The molecule has 1 aromatic heterocycles. The van der Waals surface area contributed by atoms with Crippen molar-refractivity contribution < 1.29 is 4.74 Å². The minimum atomic E-state index is 0.933. The summed E-state index contributed by atoms with van der Waals surface area (Å²) in [6, 6.07) is 8.49. The van der Waals surface area contributed by atoms with Gasteiger partial charge in [0.15, 0.2) is 0 Å². The van der Waals surface area contributed by atoms with Crippen LogP contribution < -0.4 is 9.64 Å². The summed E-state index contributed by atoms with van der Waals surface area (Å²) in [5.74, 6) is 0.933. The van der Waals surface area contributed by atoms with Gasteiger partial charge in [-0.1, -0.05) is 6.07 Å². The second-order valence-corrected chi connectivity index (χ2v) is 6.32. The lowest BCUT2D eigenvalue weighted by Crippen LogP contribution is -2.44. The Bertz CT molecular complexity index is 618. The molecule has 4 nitrogen and oxygen atoms in total. The number of methoxy groups -OCH3 is 1. The van der Waals surface area contributed by atoms with Gasteiger partial charge in [-0.25, -0.2) is 0 Å². The molecule has 1 saturated heterocycles. The average molecular weight is 350 g/mol. The first-order chi connectivity index (χ1) is 10.2. The Balaban J connectivity index is 1.89. The fraction of sp³-hybridized carbons (Fsp3) is 0.375. The minimum absolute atomic E-state index is 0.933. The van der Waals surface area contributed by atoms with Crippen LogP contribution in [-0.4, -0.2) is 50.2 Å². The van der Waals surface area contributed by atoms with Gasteiger partial charge in [0.1, 0.15) is 5.75 Å². The predicted molar refractivity (Wildman–Crippen MR) is 90.2 cm³/mol. The highest BCUT2D eigenvalue weighted by atomic mass is 79.9. The predicted octanol–water partition coefficient (Wildman–Crippen LogP) is 3.20. The highest BCUT2D eigenvalue weighted by Gasteiger charge is 2.18. The van der Waals surface area contributed by atoms with Gasteiger partial charge in [0.05, 0.1) is 12.8 Å². The molecule has 0 saturated carbocycles. The maximum absolute atomic E-state index is 5.61.